The van der Waals surface area contributed by atoms with Crippen LogP contribution in [0.5, 0.6) is 0 Å². The topological polar surface area (TPSA) is 38.1 Å². The molecule has 4 nitrogen and oxygen atoms in total. The van der Waals surface area contributed by atoms with Crippen LogP contribution in [0.1, 0.15) is 46.5 Å². The lowest BCUT2D eigenvalue weighted by molar-refractivity contribution is 0.381. The van der Waals surface area contributed by atoms with Crippen LogP contribution in [0.2, 0.25) is 0 Å². The predicted molar refractivity (Wildman–Crippen MR) is 83.8 cm³/mol. The molecule has 0 aromatic carbocycles. The van der Waals surface area contributed by atoms with Crippen LogP contribution in [0.3, 0.4) is 0 Å². The van der Waals surface area contributed by atoms with E-state index in [0.29, 0.717) is 24.3 Å². The number of halogens is 1. The van der Waals surface area contributed by atoms with Crippen molar-refractivity contribution in [3.8, 4) is 0 Å². The average Bonchev–Trinajstić information content (AvgIpc) is 2.89. The van der Waals surface area contributed by atoms with E-state index < -0.39 is 0 Å². The second-order valence-electron chi connectivity index (χ2n) is 6.42. The Bertz CT molecular complexity index is 501. The molecule has 2 rings (SSSR count). The highest BCUT2D eigenvalue weighted by Gasteiger charge is 2.27. The second-order valence-corrected chi connectivity index (χ2v) is 6.80. The smallest absolute Gasteiger partial charge is 0.293 e. The molecule has 0 N–H and O–H groups in total. The highest BCUT2D eigenvalue weighted by molar-refractivity contribution is 6.18. The molecule has 0 bridgehead atoms. The predicted octanol–water partition coefficient (Wildman–Crippen LogP) is 2.99. The first-order valence-electron chi connectivity index (χ1n) is 7.36. The summed E-state index contributed by atoms with van der Waals surface area (Å²) in [6, 6.07) is 0.407. The zero-order valence-corrected chi connectivity index (χ0v) is 13.4. The fraction of sp³-hybridized carbons (Fsp3) is 0.733. The minimum atomic E-state index is -0.239. The Balaban J connectivity index is 2.41. The van der Waals surface area contributed by atoms with E-state index >= 15 is 0 Å². The first-order chi connectivity index (χ1) is 9.45. The van der Waals surface area contributed by atoms with Crippen molar-refractivity contribution in [1.82, 2.24) is 9.55 Å². The average molecular weight is 298 g/mol. The van der Waals surface area contributed by atoms with Crippen LogP contribution in [-0.2, 0) is 5.54 Å². The van der Waals surface area contributed by atoms with Gasteiger partial charge in [0.05, 0.1) is 0 Å². The number of nitrogens with zero attached hydrogens (tertiary/aromatic N) is 3. The van der Waals surface area contributed by atoms with Crippen molar-refractivity contribution in [2.45, 2.75) is 58.0 Å². The van der Waals surface area contributed by atoms with Crippen LogP contribution in [0.25, 0.3) is 0 Å². The van der Waals surface area contributed by atoms with E-state index in [0.717, 1.165) is 12.8 Å². The van der Waals surface area contributed by atoms with Crippen molar-refractivity contribution in [3.05, 3.63) is 22.7 Å². The van der Waals surface area contributed by atoms with E-state index in [1.807, 2.05) is 20.8 Å². The lowest BCUT2D eigenvalue weighted by Crippen LogP contribution is -2.43. The molecule has 1 aliphatic carbocycles. The highest BCUT2D eigenvalue weighted by atomic mass is 35.5. The van der Waals surface area contributed by atoms with Crippen molar-refractivity contribution >= 4 is 17.4 Å². The van der Waals surface area contributed by atoms with Crippen LogP contribution >= 0.6 is 11.6 Å². The maximum absolute atomic E-state index is 12.7. The zero-order valence-electron chi connectivity index (χ0n) is 12.6. The summed E-state index contributed by atoms with van der Waals surface area (Å²) in [4.78, 5) is 19.2. The third-order valence-corrected chi connectivity index (χ3v) is 4.08. The highest BCUT2D eigenvalue weighted by Crippen LogP contribution is 2.26. The Hall–Kier alpha value is -1.03. The van der Waals surface area contributed by atoms with Crippen LogP contribution in [-0.4, -0.2) is 28.0 Å². The normalized spacial score (nSPS) is 16.6. The Labute approximate surface area is 125 Å². The Kier molecular flexibility index (Phi) is 4.74. The number of alkyl halides is 1. The van der Waals surface area contributed by atoms with E-state index in [9.17, 15) is 4.79 Å². The standard InChI is InChI=1S/C15H24ClN3O/c1-15(2,3)19-11-9-17-13(14(19)20)18(10-8-16)12-6-4-5-7-12/h9,11-12H,4-8,10H2,1-3H3. The molecule has 1 aromatic rings. The largest absolute Gasteiger partial charge is 0.348 e. The van der Waals surface area contributed by atoms with Gasteiger partial charge in [0.1, 0.15) is 0 Å². The van der Waals surface area contributed by atoms with Gasteiger partial charge in [0.25, 0.3) is 5.56 Å². The minimum absolute atomic E-state index is 0.0167. The molecule has 1 aromatic heterocycles. The molecule has 0 atom stereocenters. The van der Waals surface area contributed by atoms with Gasteiger partial charge in [0, 0.05) is 36.4 Å². The molecular weight excluding hydrogens is 274 g/mol. The number of hydrogen-bond donors (Lipinski definition) is 0. The second kappa shape index (κ2) is 6.17. The van der Waals surface area contributed by atoms with Crippen LogP contribution < -0.4 is 10.5 Å². The molecule has 0 radical (unpaired) electrons. The number of hydrogen-bond acceptors (Lipinski definition) is 3. The maximum Gasteiger partial charge on any atom is 0.293 e. The zero-order chi connectivity index (χ0) is 14.8. The lowest BCUT2D eigenvalue weighted by Gasteiger charge is -2.30. The van der Waals surface area contributed by atoms with Gasteiger partial charge in [-0.15, -0.1) is 11.6 Å². The van der Waals surface area contributed by atoms with Crippen molar-refractivity contribution in [1.29, 1.82) is 0 Å². The maximum atomic E-state index is 12.7. The molecule has 5 heteroatoms. The summed E-state index contributed by atoms with van der Waals surface area (Å²) in [6.45, 7) is 6.77. The van der Waals surface area contributed by atoms with Gasteiger partial charge in [0.15, 0.2) is 5.82 Å². The summed E-state index contributed by atoms with van der Waals surface area (Å²) < 4.78 is 1.76. The van der Waals surface area contributed by atoms with Gasteiger partial charge < -0.3 is 9.47 Å². The number of rotatable bonds is 4. The third kappa shape index (κ3) is 3.17. The van der Waals surface area contributed by atoms with Crippen molar-refractivity contribution in [3.63, 3.8) is 0 Å². The Morgan fingerprint density at radius 2 is 2.05 bits per heavy atom. The van der Waals surface area contributed by atoms with Crippen molar-refractivity contribution < 1.29 is 0 Å². The quantitative estimate of drug-likeness (QED) is 0.802. The van der Waals surface area contributed by atoms with Crippen LogP contribution in [0, 0.1) is 0 Å². The van der Waals surface area contributed by atoms with Gasteiger partial charge in [-0.05, 0) is 33.6 Å². The number of anilines is 1. The van der Waals surface area contributed by atoms with E-state index in [-0.39, 0.29) is 11.1 Å². The summed E-state index contributed by atoms with van der Waals surface area (Å²) >= 11 is 5.93. The first kappa shape index (κ1) is 15.4. The summed E-state index contributed by atoms with van der Waals surface area (Å²) in [5, 5.41) is 0. The molecule has 1 saturated carbocycles. The molecule has 20 heavy (non-hydrogen) atoms. The molecule has 0 spiro atoms. The molecule has 1 fully saturated rings. The molecule has 112 valence electrons. The Morgan fingerprint density at radius 1 is 1.40 bits per heavy atom. The molecule has 1 heterocycles. The van der Waals surface area contributed by atoms with E-state index in [2.05, 4.69) is 9.88 Å². The monoisotopic (exact) mass is 297 g/mol. The van der Waals surface area contributed by atoms with E-state index in [1.54, 1.807) is 17.0 Å². The van der Waals surface area contributed by atoms with Crippen LogP contribution in [0.15, 0.2) is 17.2 Å². The third-order valence-electron chi connectivity index (χ3n) is 3.91. The van der Waals surface area contributed by atoms with E-state index in [1.165, 1.54) is 12.8 Å². The summed E-state index contributed by atoms with van der Waals surface area (Å²) in [7, 11) is 0. The van der Waals surface area contributed by atoms with Gasteiger partial charge in [-0.3, -0.25) is 4.79 Å². The fourth-order valence-corrected chi connectivity index (χ4v) is 3.08. The minimum Gasteiger partial charge on any atom is -0.348 e. The Morgan fingerprint density at radius 3 is 2.60 bits per heavy atom. The molecule has 0 amide bonds. The first-order valence-corrected chi connectivity index (χ1v) is 7.89. The van der Waals surface area contributed by atoms with Gasteiger partial charge >= 0.3 is 0 Å². The summed E-state index contributed by atoms with van der Waals surface area (Å²) in [5.74, 6) is 1.07. The number of aromatic nitrogens is 2. The summed E-state index contributed by atoms with van der Waals surface area (Å²) in [6.07, 6.45) is 8.19. The van der Waals surface area contributed by atoms with Gasteiger partial charge in [0.2, 0.25) is 0 Å². The molecular formula is C15H24ClN3O. The van der Waals surface area contributed by atoms with Crippen LogP contribution in [0.4, 0.5) is 5.82 Å². The molecule has 0 unspecified atom stereocenters. The van der Waals surface area contributed by atoms with Crippen molar-refractivity contribution in [2.24, 2.45) is 0 Å². The van der Waals surface area contributed by atoms with Crippen molar-refractivity contribution in [2.75, 3.05) is 17.3 Å². The van der Waals surface area contributed by atoms with Gasteiger partial charge in [-0.1, -0.05) is 12.8 Å². The lowest BCUT2D eigenvalue weighted by atomic mass is 10.1. The van der Waals surface area contributed by atoms with Gasteiger partial charge in [-0.2, -0.15) is 0 Å². The summed E-state index contributed by atoms with van der Waals surface area (Å²) in [5.41, 5.74) is -0.256. The SMILES string of the molecule is CC(C)(C)n1ccnc(N(CCCl)C2CCCC2)c1=O. The van der Waals surface area contributed by atoms with Gasteiger partial charge in [-0.25, -0.2) is 4.98 Å². The van der Waals surface area contributed by atoms with E-state index in [4.69, 9.17) is 11.6 Å². The molecule has 0 aliphatic heterocycles. The molecule has 1 aliphatic rings. The molecule has 0 saturated heterocycles. The fourth-order valence-electron chi connectivity index (χ4n) is 2.89.